The van der Waals surface area contributed by atoms with E-state index in [4.69, 9.17) is 10.5 Å². The molecule has 0 fully saturated rings. The highest BCUT2D eigenvalue weighted by Crippen LogP contribution is 2.27. The lowest BCUT2D eigenvalue weighted by Gasteiger charge is -2.26. The molecule has 0 aliphatic carbocycles. The number of aliphatic hydroxyl groups is 1. The van der Waals surface area contributed by atoms with Gasteiger partial charge in [0.1, 0.15) is 0 Å². The van der Waals surface area contributed by atoms with Gasteiger partial charge in [0.05, 0.1) is 16.0 Å². The fraction of sp³-hybridized carbons (Fsp3) is 0.636. The van der Waals surface area contributed by atoms with Gasteiger partial charge in [-0.3, -0.25) is 0 Å². The number of methoxy groups -OCH3 is 1. The molecule has 16 heavy (non-hydrogen) atoms. The third kappa shape index (κ3) is 4.51. The minimum Gasteiger partial charge on any atom is -0.387 e. The van der Waals surface area contributed by atoms with Crippen molar-refractivity contribution in [1.29, 1.82) is 0 Å². The molecule has 0 amide bonds. The van der Waals surface area contributed by atoms with Crippen LogP contribution in [0.25, 0.3) is 0 Å². The van der Waals surface area contributed by atoms with Crippen molar-refractivity contribution in [1.82, 2.24) is 0 Å². The third-order valence-electron chi connectivity index (χ3n) is 2.39. The molecule has 0 saturated heterocycles. The second-order valence-electron chi connectivity index (χ2n) is 3.93. The number of hydrogen-bond donors (Lipinski definition) is 2. The van der Waals surface area contributed by atoms with Crippen LogP contribution in [0.4, 0.5) is 0 Å². The highest BCUT2D eigenvalue weighted by atomic mass is 79.9. The van der Waals surface area contributed by atoms with E-state index in [0.717, 1.165) is 15.1 Å². The molecule has 3 N–H and O–H groups in total. The largest absolute Gasteiger partial charge is 0.387 e. The molecule has 92 valence electrons. The van der Waals surface area contributed by atoms with E-state index in [1.807, 2.05) is 12.1 Å². The van der Waals surface area contributed by atoms with Gasteiger partial charge in [-0.2, -0.15) is 0 Å². The second kappa shape index (κ2) is 6.71. The van der Waals surface area contributed by atoms with Crippen molar-refractivity contribution in [2.24, 2.45) is 5.73 Å². The predicted molar refractivity (Wildman–Crippen MR) is 70.8 cm³/mol. The van der Waals surface area contributed by atoms with E-state index >= 15 is 0 Å². The predicted octanol–water partition coefficient (Wildman–Crippen LogP) is 2.17. The van der Waals surface area contributed by atoms with Crippen LogP contribution in [0.15, 0.2) is 15.9 Å². The van der Waals surface area contributed by atoms with E-state index < -0.39 is 5.60 Å². The molecule has 5 heteroatoms. The molecular formula is C11H18BrNO2S. The maximum Gasteiger partial charge on any atom is 0.0928 e. The van der Waals surface area contributed by atoms with Gasteiger partial charge in [0.25, 0.3) is 0 Å². The first kappa shape index (κ1) is 14.1. The lowest BCUT2D eigenvalue weighted by Crippen LogP contribution is -2.37. The average molecular weight is 308 g/mol. The minimum absolute atomic E-state index is 0.350. The summed E-state index contributed by atoms with van der Waals surface area (Å²) >= 11 is 5.06. The topological polar surface area (TPSA) is 55.5 Å². The van der Waals surface area contributed by atoms with Crippen molar-refractivity contribution in [3.63, 3.8) is 0 Å². The molecular weight excluding hydrogens is 290 g/mol. The van der Waals surface area contributed by atoms with Gasteiger partial charge in [0.2, 0.25) is 0 Å². The maximum absolute atomic E-state index is 10.4. The zero-order chi connectivity index (χ0) is 12.0. The fourth-order valence-corrected chi connectivity index (χ4v) is 3.30. The molecule has 1 heterocycles. The van der Waals surface area contributed by atoms with Gasteiger partial charge < -0.3 is 15.6 Å². The molecule has 0 aromatic carbocycles. The van der Waals surface area contributed by atoms with Gasteiger partial charge >= 0.3 is 0 Å². The van der Waals surface area contributed by atoms with Crippen molar-refractivity contribution in [2.45, 2.75) is 24.9 Å². The summed E-state index contributed by atoms with van der Waals surface area (Å²) in [5, 5.41) is 10.4. The van der Waals surface area contributed by atoms with Crippen LogP contribution in [0.2, 0.25) is 0 Å². The van der Waals surface area contributed by atoms with Crippen LogP contribution < -0.4 is 5.73 Å². The molecule has 1 aromatic heterocycles. The number of ether oxygens (including phenoxy) is 1. The van der Waals surface area contributed by atoms with E-state index in [0.29, 0.717) is 26.0 Å². The van der Waals surface area contributed by atoms with Gasteiger partial charge in [-0.1, -0.05) is 0 Å². The molecule has 1 aromatic rings. The number of nitrogens with two attached hydrogens (primary N) is 1. The Balaban J connectivity index is 2.62. The molecule has 0 aliphatic rings. The lowest BCUT2D eigenvalue weighted by molar-refractivity contribution is -0.0370. The normalized spacial score (nSPS) is 15.0. The Morgan fingerprint density at radius 2 is 2.31 bits per heavy atom. The van der Waals surface area contributed by atoms with Gasteiger partial charge in [0, 0.05) is 18.4 Å². The summed E-state index contributed by atoms with van der Waals surface area (Å²) in [6.07, 6.45) is 2.11. The van der Waals surface area contributed by atoms with E-state index in [9.17, 15) is 5.11 Å². The zero-order valence-electron chi connectivity index (χ0n) is 9.41. The van der Waals surface area contributed by atoms with Gasteiger partial charge in [-0.15, -0.1) is 11.3 Å². The van der Waals surface area contributed by atoms with Crippen molar-refractivity contribution in [3.8, 4) is 0 Å². The Bertz CT molecular complexity index is 319. The van der Waals surface area contributed by atoms with E-state index in [1.54, 1.807) is 18.4 Å². The summed E-state index contributed by atoms with van der Waals surface area (Å²) in [4.78, 5) is 1.16. The van der Waals surface area contributed by atoms with Crippen molar-refractivity contribution in [2.75, 3.05) is 20.3 Å². The Labute approximate surface area is 109 Å². The molecule has 0 radical (unpaired) electrons. The van der Waals surface area contributed by atoms with Crippen molar-refractivity contribution in [3.05, 3.63) is 20.8 Å². The summed E-state index contributed by atoms with van der Waals surface area (Å²) in [5.41, 5.74) is 4.68. The number of hydrogen-bond acceptors (Lipinski definition) is 4. The number of thiophene rings is 1. The van der Waals surface area contributed by atoms with Crippen LogP contribution in [0.3, 0.4) is 0 Å². The molecule has 0 spiro atoms. The molecule has 1 rings (SSSR count). The first-order valence-electron chi connectivity index (χ1n) is 5.25. The summed E-state index contributed by atoms with van der Waals surface area (Å²) in [6.45, 7) is 0.947. The molecule has 0 aliphatic heterocycles. The van der Waals surface area contributed by atoms with Crippen LogP contribution in [-0.2, 0) is 11.2 Å². The smallest absolute Gasteiger partial charge is 0.0928 e. The quantitative estimate of drug-likeness (QED) is 0.812. The highest BCUT2D eigenvalue weighted by Gasteiger charge is 2.27. The first-order valence-corrected chi connectivity index (χ1v) is 6.86. The van der Waals surface area contributed by atoms with E-state index in [2.05, 4.69) is 15.9 Å². The number of halogens is 1. The van der Waals surface area contributed by atoms with E-state index in [-0.39, 0.29) is 0 Å². The monoisotopic (exact) mass is 307 g/mol. The Hall–Kier alpha value is 0.0600. The molecule has 1 atom stereocenters. The molecule has 0 saturated carbocycles. The third-order valence-corrected chi connectivity index (χ3v) is 4.02. The summed E-state index contributed by atoms with van der Waals surface area (Å²) < 4.78 is 6.17. The van der Waals surface area contributed by atoms with E-state index in [1.165, 1.54) is 0 Å². The minimum atomic E-state index is -0.793. The molecule has 0 bridgehead atoms. The summed E-state index contributed by atoms with van der Waals surface area (Å²) in [6, 6.07) is 4.02. The van der Waals surface area contributed by atoms with Gasteiger partial charge in [-0.25, -0.2) is 0 Å². The van der Waals surface area contributed by atoms with Crippen LogP contribution in [0, 0.1) is 0 Å². The fourth-order valence-electron chi connectivity index (χ4n) is 1.68. The van der Waals surface area contributed by atoms with Crippen LogP contribution in [0.5, 0.6) is 0 Å². The maximum atomic E-state index is 10.4. The Morgan fingerprint density at radius 3 is 2.81 bits per heavy atom. The van der Waals surface area contributed by atoms with Crippen LogP contribution in [0.1, 0.15) is 17.7 Å². The van der Waals surface area contributed by atoms with Gasteiger partial charge in [0.15, 0.2) is 0 Å². The average Bonchev–Trinajstić information content (AvgIpc) is 2.61. The second-order valence-corrected chi connectivity index (χ2v) is 6.48. The summed E-state index contributed by atoms with van der Waals surface area (Å²) in [5.74, 6) is 0. The lowest BCUT2D eigenvalue weighted by atomic mass is 9.94. The van der Waals surface area contributed by atoms with Crippen molar-refractivity contribution >= 4 is 27.3 Å². The Morgan fingerprint density at radius 1 is 1.56 bits per heavy atom. The molecule has 1 unspecified atom stereocenters. The zero-order valence-corrected chi connectivity index (χ0v) is 11.8. The van der Waals surface area contributed by atoms with Crippen molar-refractivity contribution < 1.29 is 9.84 Å². The Kier molecular flexibility index (Phi) is 5.92. The SMILES string of the molecule is COCC(O)(CCCN)Cc1ccc(Br)s1. The summed E-state index contributed by atoms with van der Waals surface area (Å²) in [7, 11) is 1.61. The van der Waals surface area contributed by atoms with Crippen LogP contribution >= 0.6 is 27.3 Å². The standard InChI is InChI=1S/C11H18BrNO2S/c1-15-8-11(14,5-2-6-13)7-9-3-4-10(12)16-9/h3-4,14H,2,5-8,13H2,1H3. The molecule has 3 nitrogen and oxygen atoms in total. The number of rotatable bonds is 7. The highest BCUT2D eigenvalue weighted by molar-refractivity contribution is 9.11. The van der Waals surface area contributed by atoms with Gasteiger partial charge in [-0.05, 0) is 47.4 Å². The van der Waals surface area contributed by atoms with Crippen LogP contribution in [-0.4, -0.2) is 31.0 Å². The first-order chi connectivity index (χ1) is 7.59.